The summed E-state index contributed by atoms with van der Waals surface area (Å²) in [7, 11) is 0. The number of nitrogens with zero attached hydrogens (tertiary/aromatic N) is 1. The van der Waals surface area contributed by atoms with Gasteiger partial charge in [-0.2, -0.15) is 11.8 Å². The molecule has 1 rings (SSSR count). The van der Waals surface area contributed by atoms with Crippen molar-refractivity contribution in [1.82, 2.24) is 4.98 Å². The Hall–Kier alpha value is -0.690. The van der Waals surface area contributed by atoms with Crippen LogP contribution in [0.15, 0.2) is 18.3 Å². The monoisotopic (exact) mass is 369 g/mol. The highest BCUT2D eigenvalue weighted by Gasteiger charge is 2.14. The number of anilines is 1. The highest BCUT2D eigenvalue weighted by atomic mass is 35.5. The van der Waals surface area contributed by atoms with Crippen LogP contribution >= 0.6 is 36.6 Å². The molecule has 22 heavy (non-hydrogen) atoms. The van der Waals surface area contributed by atoms with Gasteiger partial charge in [-0.1, -0.05) is 13.3 Å². The molecule has 0 aromatic carbocycles. The number of aryl methyl sites for hydroxylation is 1. The minimum atomic E-state index is -0.946. The van der Waals surface area contributed by atoms with E-state index in [4.69, 9.17) is 10.8 Å². The molecule has 0 aliphatic heterocycles. The van der Waals surface area contributed by atoms with E-state index in [9.17, 15) is 4.79 Å². The van der Waals surface area contributed by atoms with E-state index in [1.54, 1.807) is 18.0 Å². The van der Waals surface area contributed by atoms with Crippen molar-refractivity contribution < 1.29 is 9.90 Å². The van der Waals surface area contributed by atoms with Crippen molar-refractivity contribution in [2.45, 2.75) is 38.8 Å². The molecule has 128 valence electrons. The number of nitrogens with one attached hydrogen (secondary N) is 1. The second-order valence-corrected chi connectivity index (χ2v) is 5.91. The first-order valence-corrected chi connectivity index (χ1v) is 7.93. The topological polar surface area (TPSA) is 88.2 Å². The molecule has 2 atom stereocenters. The number of hydrogen-bond donors (Lipinski definition) is 3. The molecule has 0 saturated heterocycles. The Labute approximate surface area is 148 Å². The lowest BCUT2D eigenvalue weighted by Gasteiger charge is -2.19. The number of pyridine rings is 1. The first-order chi connectivity index (χ1) is 9.52. The number of halogens is 2. The van der Waals surface area contributed by atoms with Gasteiger partial charge < -0.3 is 16.2 Å². The van der Waals surface area contributed by atoms with Crippen LogP contribution in [0.25, 0.3) is 0 Å². The van der Waals surface area contributed by atoms with Gasteiger partial charge in [-0.15, -0.1) is 24.8 Å². The van der Waals surface area contributed by atoms with E-state index >= 15 is 0 Å². The molecule has 0 amide bonds. The minimum absolute atomic E-state index is 0. The summed E-state index contributed by atoms with van der Waals surface area (Å²) in [4.78, 5) is 15.0. The Morgan fingerprint density at radius 1 is 1.45 bits per heavy atom. The van der Waals surface area contributed by atoms with Crippen molar-refractivity contribution in [3.8, 4) is 0 Å². The molecular weight excluding hydrogens is 345 g/mol. The van der Waals surface area contributed by atoms with Gasteiger partial charge in [0.15, 0.2) is 0 Å². The Bertz CT molecular complexity index is 438. The third-order valence-corrected chi connectivity index (χ3v) is 4.07. The van der Waals surface area contributed by atoms with Gasteiger partial charge in [-0.25, -0.2) is 4.98 Å². The number of aliphatic carboxylic acids is 1. The number of rotatable bonds is 9. The van der Waals surface area contributed by atoms with Crippen LogP contribution in [-0.4, -0.2) is 39.6 Å². The Morgan fingerprint density at radius 2 is 2.14 bits per heavy atom. The summed E-state index contributed by atoms with van der Waals surface area (Å²) in [5, 5.41) is 12.2. The quantitative estimate of drug-likeness (QED) is 0.619. The number of carbonyl (C=O) groups is 1. The number of thioether (sulfide) groups is 1. The van der Waals surface area contributed by atoms with Gasteiger partial charge in [0.1, 0.15) is 11.9 Å². The molecule has 1 aromatic rings. The molecule has 8 heteroatoms. The zero-order valence-electron chi connectivity index (χ0n) is 12.8. The number of nitrogens with two attached hydrogens (primary N) is 1. The van der Waals surface area contributed by atoms with Crippen LogP contribution in [0.2, 0.25) is 0 Å². The van der Waals surface area contributed by atoms with Crippen LogP contribution < -0.4 is 11.1 Å². The summed E-state index contributed by atoms with van der Waals surface area (Å²) in [6, 6.07) is 3.45. The van der Waals surface area contributed by atoms with Gasteiger partial charge >= 0.3 is 5.97 Å². The predicted molar refractivity (Wildman–Crippen MR) is 98.7 cm³/mol. The van der Waals surface area contributed by atoms with Gasteiger partial charge in [0.05, 0.1) is 0 Å². The van der Waals surface area contributed by atoms with Gasteiger partial charge in [-0.3, -0.25) is 4.79 Å². The maximum absolute atomic E-state index is 10.7. The standard InChI is InChI=1S/C14H23N3O2S.2ClH/c1-3-4-11(8-20-9-12(15)14(18)19)17-13-7-10(2)5-6-16-13;;/h5-7,11-12H,3-4,8-9,15H2,1-2H3,(H,16,17)(H,18,19);2*1H/t11?,12-;;/m0../s1. The molecule has 1 unspecified atom stereocenters. The third kappa shape index (κ3) is 9.35. The summed E-state index contributed by atoms with van der Waals surface area (Å²) < 4.78 is 0. The normalized spacial score (nSPS) is 12.5. The molecule has 1 heterocycles. The molecule has 5 nitrogen and oxygen atoms in total. The first kappa shape index (κ1) is 23.6. The lowest BCUT2D eigenvalue weighted by atomic mass is 10.2. The number of carboxylic acid groups (broad SMARTS) is 1. The fourth-order valence-corrected chi connectivity index (χ4v) is 2.85. The molecular formula is C14H25Cl2N3O2S. The average Bonchev–Trinajstić information content (AvgIpc) is 2.38. The molecule has 1 aromatic heterocycles. The van der Waals surface area contributed by atoms with E-state index in [0.29, 0.717) is 5.75 Å². The maximum atomic E-state index is 10.7. The lowest BCUT2D eigenvalue weighted by molar-refractivity contribution is -0.137. The summed E-state index contributed by atoms with van der Waals surface area (Å²) in [6.07, 6.45) is 3.87. The molecule has 0 radical (unpaired) electrons. The highest BCUT2D eigenvalue weighted by molar-refractivity contribution is 7.99. The SMILES string of the molecule is CCCC(CSC[C@H](N)C(=O)O)Nc1cc(C)ccn1.Cl.Cl. The van der Waals surface area contributed by atoms with Crippen molar-refractivity contribution in [3.05, 3.63) is 23.9 Å². The molecule has 0 saturated carbocycles. The maximum Gasteiger partial charge on any atom is 0.321 e. The van der Waals surface area contributed by atoms with Crippen LogP contribution in [0, 0.1) is 6.92 Å². The summed E-state index contributed by atoms with van der Waals surface area (Å²) in [6.45, 7) is 4.16. The Kier molecular flexibility index (Phi) is 13.7. The predicted octanol–water partition coefficient (Wildman–Crippen LogP) is 2.96. The summed E-state index contributed by atoms with van der Waals surface area (Å²) in [5.74, 6) is 1.17. The minimum Gasteiger partial charge on any atom is -0.480 e. The smallest absolute Gasteiger partial charge is 0.321 e. The van der Waals surface area contributed by atoms with Crippen molar-refractivity contribution in [1.29, 1.82) is 0 Å². The molecule has 4 N–H and O–H groups in total. The van der Waals surface area contributed by atoms with E-state index in [-0.39, 0.29) is 30.9 Å². The van der Waals surface area contributed by atoms with Gasteiger partial charge in [0.2, 0.25) is 0 Å². The van der Waals surface area contributed by atoms with Crippen LogP contribution in [0.3, 0.4) is 0 Å². The van der Waals surface area contributed by atoms with Gasteiger partial charge in [-0.05, 0) is 31.0 Å². The van der Waals surface area contributed by atoms with Crippen molar-refractivity contribution in [3.63, 3.8) is 0 Å². The largest absolute Gasteiger partial charge is 0.480 e. The molecule has 0 spiro atoms. The van der Waals surface area contributed by atoms with Gasteiger partial charge in [0.25, 0.3) is 0 Å². The second-order valence-electron chi connectivity index (χ2n) is 4.83. The molecule has 0 aliphatic carbocycles. The first-order valence-electron chi connectivity index (χ1n) is 6.78. The number of aromatic nitrogens is 1. The zero-order chi connectivity index (χ0) is 15.0. The third-order valence-electron chi connectivity index (χ3n) is 2.84. The van der Waals surface area contributed by atoms with E-state index in [1.165, 1.54) is 5.56 Å². The fourth-order valence-electron chi connectivity index (χ4n) is 1.78. The van der Waals surface area contributed by atoms with E-state index in [2.05, 4.69) is 17.2 Å². The number of carboxylic acids is 1. The van der Waals surface area contributed by atoms with E-state index < -0.39 is 12.0 Å². The van der Waals surface area contributed by atoms with Crippen molar-refractivity contribution >= 4 is 48.4 Å². The van der Waals surface area contributed by atoms with Crippen LogP contribution in [0.1, 0.15) is 25.3 Å². The summed E-state index contributed by atoms with van der Waals surface area (Å²) >= 11 is 1.57. The van der Waals surface area contributed by atoms with Crippen molar-refractivity contribution in [2.75, 3.05) is 16.8 Å². The second kappa shape index (κ2) is 12.8. The van der Waals surface area contributed by atoms with Crippen LogP contribution in [0.4, 0.5) is 5.82 Å². The van der Waals surface area contributed by atoms with E-state index in [1.807, 2.05) is 19.1 Å². The van der Waals surface area contributed by atoms with Gasteiger partial charge in [0, 0.05) is 23.7 Å². The number of hydrogen-bond acceptors (Lipinski definition) is 5. The van der Waals surface area contributed by atoms with Crippen molar-refractivity contribution in [2.24, 2.45) is 5.73 Å². The van der Waals surface area contributed by atoms with Crippen LogP contribution in [-0.2, 0) is 4.79 Å². The molecule has 0 fully saturated rings. The zero-order valence-corrected chi connectivity index (χ0v) is 15.3. The fraction of sp³-hybridized carbons (Fsp3) is 0.571. The Morgan fingerprint density at radius 3 is 2.68 bits per heavy atom. The molecule has 0 bridgehead atoms. The molecule has 0 aliphatic rings. The average molecular weight is 370 g/mol. The highest BCUT2D eigenvalue weighted by Crippen LogP contribution is 2.14. The summed E-state index contributed by atoms with van der Waals surface area (Å²) in [5.41, 5.74) is 6.66. The Balaban J connectivity index is 0. The lowest BCUT2D eigenvalue weighted by Crippen LogP contribution is -2.33. The van der Waals surface area contributed by atoms with Crippen LogP contribution in [0.5, 0.6) is 0 Å². The van der Waals surface area contributed by atoms with E-state index in [0.717, 1.165) is 24.4 Å².